The van der Waals surface area contributed by atoms with Gasteiger partial charge in [-0.05, 0) is 61.4 Å². The predicted octanol–water partition coefficient (Wildman–Crippen LogP) is 5.20. The van der Waals surface area contributed by atoms with Crippen LogP contribution in [-0.4, -0.2) is 15.0 Å². The smallest absolute Gasteiger partial charge is 0.333 e. The van der Waals surface area contributed by atoms with E-state index in [-0.39, 0.29) is 5.69 Å². The third-order valence-electron chi connectivity index (χ3n) is 6.67. The van der Waals surface area contributed by atoms with Crippen LogP contribution in [0.4, 0.5) is 0 Å². The van der Waals surface area contributed by atoms with Crippen LogP contribution in [0.25, 0.3) is 16.8 Å². The number of amidine groups is 1. The molecule has 0 aliphatic rings. The normalized spacial score (nSPS) is 11.7. The Hall–Kier alpha value is -4.06. The average Bonchev–Trinajstić information content (AvgIpc) is 3.16. The summed E-state index contributed by atoms with van der Waals surface area (Å²) in [6, 6.07) is 20.3. The van der Waals surface area contributed by atoms with Crippen molar-refractivity contribution in [2.75, 3.05) is 0 Å². The highest BCUT2D eigenvalue weighted by atomic mass is 16.1. The molecule has 0 atom stereocenters. The molecule has 4 N–H and O–H groups in total. The van der Waals surface area contributed by atoms with Crippen molar-refractivity contribution in [2.24, 2.45) is 16.7 Å². The molecule has 3 aromatic carbocycles. The van der Waals surface area contributed by atoms with Gasteiger partial charge in [0, 0.05) is 17.5 Å². The first-order valence-corrected chi connectivity index (χ1v) is 12.4. The second kappa shape index (κ2) is 10.7. The second-order valence-electron chi connectivity index (χ2n) is 9.47. The molecule has 1 heterocycles. The van der Waals surface area contributed by atoms with Crippen molar-refractivity contribution in [2.45, 2.75) is 53.5 Å². The summed E-state index contributed by atoms with van der Waals surface area (Å²) in [6.07, 6.45) is 5.01. The number of hydrogen-bond acceptors (Lipinski definition) is 3. The Morgan fingerprint density at radius 2 is 1.64 bits per heavy atom. The number of hydrazone groups is 1. The maximum atomic E-state index is 13.7. The summed E-state index contributed by atoms with van der Waals surface area (Å²) >= 11 is 0. The van der Waals surface area contributed by atoms with Crippen molar-refractivity contribution in [3.05, 3.63) is 111 Å². The summed E-state index contributed by atoms with van der Waals surface area (Å²) in [7, 11) is 0. The zero-order valence-electron chi connectivity index (χ0n) is 21.6. The van der Waals surface area contributed by atoms with Gasteiger partial charge in [0.2, 0.25) is 0 Å². The Bertz CT molecular complexity index is 1430. The highest BCUT2D eigenvalue weighted by Crippen LogP contribution is 2.25. The van der Waals surface area contributed by atoms with Crippen LogP contribution >= 0.6 is 0 Å². The van der Waals surface area contributed by atoms with E-state index in [0.717, 1.165) is 64.0 Å². The number of nitrogens with zero attached hydrogens (tertiary/aromatic N) is 3. The van der Waals surface area contributed by atoms with Gasteiger partial charge in [0.05, 0.1) is 12.2 Å². The monoisotopic (exact) mass is 481 g/mol. The second-order valence-corrected chi connectivity index (χ2v) is 9.47. The summed E-state index contributed by atoms with van der Waals surface area (Å²) in [5.41, 5.74) is 15.3. The minimum absolute atomic E-state index is 0.00231. The topological polar surface area (TPSA) is 91.3 Å². The molecule has 0 aliphatic carbocycles. The number of aromatic nitrogens is 2. The lowest BCUT2D eigenvalue weighted by molar-refractivity contribution is 0.673. The molecule has 0 spiro atoms. The quantitative estimate of drug-likeness (QED) is 0.157. The third-order valence-corrected chi connectivity index (χ3v) is 6.67. The fourth-order valence-electron chi connectivity index (χ4n) is 4.97. The van der Waals surface area contributed by atoms with Crippen LogP contribution < -0.4 is 17.3 Å². The van der Waals surface area contributed by atoms with Crippen LogP contribution in [0.1, 0.15) is 53.3 Å². The number of rotatable bonds is 8. The highest BCUT2D eigenvalue weighted by molar-refractivity contribution is 6.03. The largest absolute Gasteiger partial charge is 0.382 e. The Labute approximate surface area is 212 Å². The Morgan fingerprint density at radius 3 is 2.28 bits per heavy atom. The molecular weight excluding hydrogens is 446 g/mol. The van der Waals surface area contributed by atoms with E-state index < -0.39 is 0 Å². The molecule has 0 unspecified atom stereocenters. The molecular formula is C30H35N5O. The fraction of sp³-hybridized carbons (Fsp3) is 0.267. The number of benzene rings is 3. The maximum Gasteiger partial charge on any atom is 0.333 e. The van der Waals surface area contributed by atoms with Gasteiger partial charge in [0.1, 0.15) is 0 Å². The van der Waals surface area contributed by atoms with Crippen molar-refractivity contribution < 1.29 is 0 Å². The van der Waals surface area contributed by atoms with Gasteiger partial charge in [-0.1, -0.05) is 79.6 Å². The molecule has 0 fully saturated rings. The number of hydrogen-bond donors (Lipinski definition) is 2. The fourth-order valence-corrected chi connectivity index (χ4v) is 4.97. The van der Waals surface area contributed by atoms with E-state index in [1.807, 2.05) is 39.6 Å². The lowest BCUT2D eigenvalue weighted by Crippen LogP contribution is -2.25. The van der Waals surface area contributed by atoms with E-state index in [1.54, 1.807) is 0 Å². The standard InChI is InChI=1S/C30H35N5O/c1-5-6-9-25-19-35(28-21(3)16-20(2)17-22(28)4)30(36)34(25)18-23-12-14-24(15-13-23)26-10-7-8-11-27(26)29(31)33-32/h7-8,10-17,19H,5-6,9,18,32H2,1-4H3,(H2,31,33). The summed E-state index contributed by atoms with van der Waals surface area (Å²) in [5, 5.41) is 3.66. The number of nitrogens with two attached hydrogens (primary N) is 2. The maximum absolute atomic E-state index is 13.7. The van der Waals surface area contributed by atoms with E-state index in [9.17, 15) is 4.79 Å². The van der Waals surface area contributed by atoms with Gasteiger partial charge < -0.3 is 11.6 Å². The first kappa shape index (κ1) is 25.0. The minimum atomic E-state index is -0.00231. The van der Waals surface area contributed by atoms with Gasteiger partial charge in [0.15, 0.2) is 5.84 Å². The summed E-state index contributed by atoms with van der Waals surface area (Å²) < 4.78 is 3.74. The molecule has 0 saturated heterocycles. The van der Waals surface area contributed by atoms with Crippen LogP contribution in [0.3, 0.4) is 0 Å². The van der Waals surface area contributed by atoms with Gasteiger partial charge in [-0.3, -0.25) is 9.13 Å². The van der Waals surface area contributed by atoms with Gasteiger partial charge >= 0.3 is 5.69 Å². The summed E-state index contributed by atoms with van der Waals surface area (Å²) in [6.45, 7) is 8.92. The number of unbranched alkanes of at least 4 members (excludes halogenated alkanes) is 1. The molecule has 6 nitrogen and oxygen atoms in total. The molecule has 36 heavy (non-hydrogen) atoms. The number of imidazole rings is 1. The van der Waals surface area contributed by atoms with E-state index in [0.29, 0.717) is 12.4 Å². The van der Waals surface area contributed by atoms with E-state index >= 15 is 0 Å². The molecule has 186 valence electrons. The van der Waals surface area contributed by atoms with Crippen LogP contribution in [0.2, 0.25) is 0 Å². The van der Waals surface area contributed by atoms with E-state index in [2.05, 4.69) is 69.2 Å². The summed E-state index contributed by atoms with van der Waals surface area (Å²) in [5.74, 6) is 5.72. The minimum Gasteiger partial charge on any atom is -0.382 e. The Morgan fingerprint density at radius 1 is 0.972 bits per heavy atom. The van der Waals surface area contributed by atoms with Crippen molar-refractivity contribution in [1.29, 1.82) is 0 Å². The predicted molar refractivity (Wildman–Crippen MR) is 149 cm³/mol. The van der Waals surface area contributed by atoms with E-state index in [1.165, 1.54) is 5.56 Å². The lowest BCUT2D eigenvalue weighted by Gasteiger charge is -2.12. The average molecular weight is 482 g/mol. The molecule has 4 rings (SSSR count). The summed E-state index contributed by atoms with van der Waals surface area (Å²) in [4.78, 5) is 13.7. The zero-order valence-corrected chi connectivity index (χ0v) is 21.6. The lowest BCUT2D eigenvalue weighted by atomic mass is 9.98. The molecule has 0 bridgehead atoms. The molecule has 0 amide bonds. The van der Waals surface area contributed by atoms with Gasteiger partial charge in [-0.15, -0.1) is 0 Å². The molecule has 6 heteroatoms. The molecule has 1 aromatic heterocycles. The van der Waals surface area contributed by atoms with Gasteiger partial charge in [0.25, 0.3) is 0 Å². The van der Waals surface area contributed by atoms with Crippen molar-refractivity contribution in [1.82, 2.24) is 9.13 Å². The van der Waals surface area contributed by atoms with Crippen molar-refractivity contribution in [3.8, 4) is 16.8 Å². The van der Waals surface area contributed by atoms with E-state index in [4.69, 9.17) is 11.6 Å². The first-order chi connectivity index (χ1) is 17.3. The number of aryl methyl sites for hydroxylation is 4. The van der Waals surface area contributed by atoms with Crippen molar-refractivity contribution >= 4 is 5.84 Å². The Kier molecular flexibility index (Phi) is 7.44. The van der Waals surface area contributed by atoms with Crippen LogP contribution in [0.5, 0.6) is 0 Å². The highest BCUT2D eigenvalue weighted by Gasteiger charge is 2.16. The van der Waals surface area contributed by atoms with Gasteiger partial charge in [-0.2, -0.15) is 5.10 Å². The molecule has 4 aromatic rings. The third kappa shape index (κ3) is 4.98. The van der Waals surface area contributed by atoms with Gasteiger partial charge in [-0.25, -0.2) is 4.79 Å². The van der Waals surface area contributed by atoms with Crippen LogP contribution in [0, 0.1) is 20.8 Å². The molecule has 0 saturated carbocycles. The first-order valence-electron chi connectivity index (χ1n) is 12.4. The zero-order chi connectivity index (χ0) is 25.8. The van der Waals surface area contributed by atoms with Crippen LogP contribution in [0.15, 0.2) is 76.8 Å². The van der Waals surface area contributed by atoms with Crippen LogP contribution in [-0.2, 0) is 13.0 Å². The molecule has 0 aliphatic heterocycles. The van der Waals surface area contributed by atoms with Crippen molar-refractivity contribution in [3.63, 3.8) is 0 Å². The molecule has 0 radical (unpaired) electrons. The Balaban J connectivity index is 1.71. The SMILES string of the molecule is CCCCc1cn(-c2c(C)cc(C)cc2C)c(=O)n1Cc1ccc(-c2ccccc2/C(N)=N/N)cc1.